The Labute approximate surface area is 133 Å². The average Bonchev–Trinajstić information content (AvgIpc) is 2.59. The zero-order chi connectivity index (χ0) is 15.8. The van der Waals surface area contributed by atoms with Gasteiger partial charge >= 0.3 is 0 Å². The van der Waals surface area contributed by atoms with Gasteiger partial charge in [0.1, 0.15) is 5.82 Å². The quantitative estimate of drug-likeness (QED) is 0.787. The summed E-state index contributed by atoms with van der Waals surface area (Å²) in [4.78, 5) is 6.95. The SMILES string of the molecule is CCN(CC)CCNc1ncc(-c2ccccc2)cc1CN. The van der Waals surface area contributed by atoms with Crippen LogP contribution in [-0.4, -0.2) is 36.1 Å². The normalized spacial score (nSPS) is 10.9. The fraction of sp³-hybridized carbons (Fsp3) is 0.389. The van der Waals surface area contributed by atoms with Crippen molar-refractivity contribution in [3.05, 3.63) is 48.2 Å². The maximum absolute atomic E-state index is 5.89. The number of rotatable bonds is 8. The lowest BCUT2D eigenvalue weighted by atomic mass is 10.1. The van der Waals surface area contributed by atoms with Crippen molar-refractivity contribution in [2.24, 2.45) is 5.73 Å². The number of pyridine rings is 1. The van der Waals surface area contributed by atoms with E-state index in [1.165, 1.54) is 5.56 Å². The largest absolute Gasteiger partial charge is 0.369 e. The molecule has 3 N–H and O–H groups in total. The molecule has 1 heterocycles. The highest BCUT2D eigenvalue weighted by atomic mass is 15.1. The van der Waals surface area contributed by atoms with Crippen molar-refractivity contribution >= 4 is 5.82 Å². The molecule has 0 saturated carbocycles. The second kappa shape index (κ2) is 8.51. The van der Waals surface area contributed by atoms with Gasteiger partial charge in [0, 0.05) is 37.0 Å². The number of nitrogens with zero attached hydrogens (tertiary/aromatic N) is 2. The lowest BCUT2D eigenvalue weighted by Gasteiger charge is -2.19. The number of hydrogen-bond donors (Lipinski definition) is 2. The molecule has 2 aromatic rings. The third kappa shape index (κ3) is 4.29. The molecule has 0 aliphatic heterocycles. The van der Waals surface area contributed by atoms with E-state index in [0.29, 0.717) is 6.54 Å². The van der Waals surface area contributed by atoms with Gasteiger partial charge in [-0.1, -0.05) is 44.2 Å². The van der Waals surface area contributed by atoms with Crippen molar-refractivity contribution < 1.29 is 0 Å². The first-order valence-electron chi connectivity index (χ1n) is 7.99. The molecule has 1 aromatic heterocycles. The van der Waals surface area contributed by atoms with Gasteiger partial charge in [0.25, 0.3) is 0 Å². The summed E-state index contributed by atoms with van der Waals surface area (Å²) in [5.41, 5.74) is 9.22. The van der Waals surface area contributed by atoms with Crippen LogP contribution in [0.2, 0.25) is 0 Å². The summed E-state index contributed by atoms with van der Waals surface area (Å²) in [7, 11) is 0. The molecule has 4 nitrogen and oxygen atoms in total. The molecule has 118 valence electrons. The van der Waals surface area contributed by atoms with E-state index < -0.39 is 0 Å². The molecular weight excluding hydrogens is 272 g/mol. The Morgan fingerprint density at radius 1 is 1.09 bits per heavy atom. The highest BCUT2D eigenvalue weighted by molar-refractivity contribution is 5.65. The predicted octanol–water partition coefficient (Wildman–Crippen LogP) is 2.96. The van der Waals surface area contributed by atoms with Crippen LogP contribution in [0.1, 0.15) is 19.4 Å². The second-order valence-corrected chi connectivity index (χ2v) is 5.26. The maximum atomic E-state index is 5.89. The lowest BCUT2D eigenvalue weighted by Crippen LogP contribution is -2.29. The van der Waals surface area contributed by atoms with Crippen LogP contribution < -0.4 is 11.1 Å². The number of likely N-dealkylation sites (N-methyl/N-ethyl adjacent to an activating group) is 1. The van der Waals surface area contributed by atoms with E-state index in [2.05, 4.69) is 47.2 Å². The monoisotopic (exact) mass is 298 g/mol. The van der Waals surface area contributed by atoms with Crippen LogP contribution in [0.5, 0.6) is 0 Å². The number of nitrogens with two attached hydrogens (primary N) is 1. The zero-order valence-electron chi connectivity index (χ0n) is 13.5. The summed E-state index contributed by atoms with van der Waals surface area (Å²) < 4.78 is 0. The number of hydrogen-bond acceptors (Lipinski definition) is 4. The van der Waals surface area contributed by atoms with Crippen LogP contribution in [0.15, 0.2) is 42.6 Å². The summed E-state index contributed by atoms with van der Waals surface area (Å²) in [6.45, 7) is 8.89. The number of anilines is 1. The summed E-state index contributed by atoms with van der Waals surface area (Å²) in [6, 6.07) is 12.4. The third-order valence-electron chi connectivity index (χ3n) is 3.91. The lowest BCUT2D eigenvalue weighted by molar-refractivity contribution is 0.316. The Morgan fingerprint density at radius 3 is 2.45 bits per heavy atom. The van der Waals surface area contributed by atoms with E-state index in [-0.39, 0.29) is 0 Å². The van der Waals surface area contributed by atoms with Crippen LogP contribution in [-0.2, 0) is 6.54 Å². The van der Waals surface area contributed by atoms with Crippen molar-refractivity contribution in [2.45, 2.75) is 20.4 Å². The van der Waals surface area contributed by atoms with Crippen molar-refractivity contribution in [1.82, 2.24) is 9.88 Å². The minimum absolute atomic E-state index is 0.487. The van der Waals surface area contributed by atoms with E-state index in [1.54, 1.807) is 0 Å². The maximum Gasteiger partial charge on any atom is 0.130 e. The summed E-state index contributed by atoms with van der Waals surface area (Å²) >= 11 is 0. The molecule has 4 heteroatoms. The number of benzene rings is 1. The topological polar surface area (TPSA) is 54.2 Å². The summed E-state index contributed by atoms with van der Waals surface area (Å²) in [6.07, 6.45) is 1.91. The number of aromatic nitrogens is 1. The fourth-order valence-electron chi connectivity index (χ4n) is 2.49. The van der Waals surface area contributed by atoms with Crippen LogP contribution >= 0.6 is 0 Å². The van der Waals surface area contributed by atoms with Gasteiger partial charge in [0.2, 0.25) is 0 Å². The van der Waals surface area contributed by atoms with E-state index in [4.69, 9.17) is 5.73 Å². The highest BCUT2D eigenvalue weighted by Gasteiger charge is 2.06. The van der Waals surface area contributed by atoms with Gasteiger partial charge < -0.3 is 16.0 Å². The minimum Gasteiger partial charge on any atom is -0.369 e. The molecule has 0 aliphatic rings. The summed E-state index contributed by atoms with van der Waals surface area (Å²) in [5.74, 6) is 0.898. The molecule has 0 amide bonds. The number of nitrogens with one attached hydrogen (secondary N) is 1. The molecule has 1 aromatic carbocycles. The molecule has 22 heavy (non-hydrogen) atoms. The van der Waals surface area contributed by atoms with Gasteiger partial charge in [0.05, 0.1) is 0 Å². The summed E-state index contributed by atoms with van der Waals surface area (Å²) in [5, 5.41) is 3.41. The Hall–Kier alpha value is -1.91. The van der Waals surface area contributed by atoms with Crippen LogP contribution in [0.3, 0.4) is 0 Å². The van der Waals surface area contributed by atoms with E-state index in [1.807, 2.05) is 24.4 Å². The Morgan fingerprint density at radius 2 is 1.82 bits per heavy atom. The smallest absolute Gasteiger partial charge is 0.130 e. The van der Waals surface area contributed by atoms with Crippen molar-refractivity contribution in [3.8, 4) is 11.1 Å². The Balaban J connectivity index is 2.06. The molecular formula is C18H26N4. The first kappa shape index (κ1) is 16.5. The van der Waals surface area contributed by atoms with Gasteiger partial charge in [-0.25, -0.2) is 4.98 Å². The van der Waals surface area contributed by atoms with E-state index in [9.17, 15) is 0 Å². The Kier molecular flexibility index (Phi) is 6.37. The van der Waals surface area contributed by atoms with Gasteiger partial charge in [-0.2, -0.15) is 0 Å². The van der Waals surface area contributed by atoms with Gasteiger partial charge in [-0.05, 0) is 24.7 Å². The second-order valence-electron chi connectivity index (χ2n) is 5.26. The predicted molar refractivity (Wildman–Crippen MR) is 93.8 cm³/mol. The van der Waals surface area contributed by atoms with Gasteiger partial charge in [0.15, 0.2) is 0 Å². The van der Waals surface area contributed by atoms with Crippen molar-refractivity contribution in [2.75, 3.05) is 31.5 Å². The molecule has 2 rings (SSSR count). The first-order valence-corrected chi connectivity index (χ1v) is 7.99. The highest BCUT2D eigenvalue weighted by Crippen LogP contribution is 2.22. The van der Waals surface area contributed by atoms with Gasteiger partial charge in [-0.3, -0.25) is 0 Å². The Bertz CT molecular complexity index is 565. The molecule has 0 fully saturated rings. The average molecular weight is 298 g/mol. The van der Waals surface area contributed by atoms with Crippen LogP contribution in [0, 0.1) is 0 Å². The standard InChI is InChI=1S/C18H26N4/c1-3-22(4-2)11-10-20-18-16(13-19)12-17(14-21-18)15-8-6-5-7-9-15/h5-9,12,14H,3-4,10-11,13,19H2,1-2H3,(H,20,21). The molecule has 0 spiro atoms. The third-order valence-corrected chi connectivity index (χ3v) is 3.91. The first-order chi connectivity index (χ1) is 10.8. The molecule has 0 atom stereocenters. The van der Waals surface area contributed by atoms with Crippen LogP contribution in [0.25, 0.3) is 11.1 Å². The van der Waals surface area contributed by atoms with Crippen molar-refractivity contribution in [3.63, 3.8) is 0 Å². The minimum atomic E-state index is 0.487. The molecule has 0 bridgehead atoms. The fourth-order valence-corrected chi connectivity index (χ4v) is 2.49. The van der Waals surface area contributed by atoms with Crippen LogP contribution in [0.4, 0.5) is 5.82 Å². The van der Waals surface area contributed by atoms with E-state index >= 15 is 0 Å². The molecule has 0 unspecified atom stereocenters. The molecule has 0 aliphatic carbocycles. The molecule has 0 saturated heterocycles. The zero-order valence-corrected chi connectivity index (χ0v) is 13.5. The molecule has 0 radical (unpaired) electrons. The van der Waals surface area contributed by atoms with Gasteiger partial charge in [-0.15, -0.1) is 0 Å². The van der Waals surface area contributed by atoms with E-state index in [0.717, 1.165) is 43.1 Å². The van der Waals surface area contributed by atoms with Crippen molar-refractivity contribution in [1.29, 1.82) is 0 Å².